The Hall–Kier alpha value is -2.41. The molecule has 0 spiro atoms. The van der Waals surface area contributed by atoms with Gasteiger partial charge in [0.05, 0.1) is 18.2 Å². The van der Waals surface area contributed by atoms with Crippen LogP contribution in [0.3, 0.4) is 0 Å². The number of nitrogens with two attached hydrogens (primary N) is 1. The fourth-order valence-corrected chi connectivity index (χ4v) is 1.42. The number of aromatic nitrogens is 3. The monoisotopic (exact) mass is 246 g/mol. The normalized spacial score (nSPS) is 10.1. The van der Waals surface area contributed by atoms with Gasteiger partial charge in [0, 0.05) is 25.5 Å². The highest BCUT2D eigenvalue weighted by atomic mass is 16.1. The molecule has 1 amide bonds. The van der Waals surface area contributed by atoms with Crippen LogP contribution in [0.15, 0.2) is 37.1 Å². The number of hydrogen-bond acceptors (Lipinski definition) is 5. The van der Waals surface area contributed by atoms with Crippen molar-refractivity contribution in [3.8, 4) is 0 Å². The SMILES string of the molecule is NNc1ccc(C(=O)NCCn2ccnc2)nc1. The molecule has 4 N–H and O–H groups in total. The molecule has 94 valence electrons. The predicted octanol–water partition coefficient (Wildman–Crippen LogP) is -0.00630. The molecular formula is C11H14N6O. The van der Waals surface area contributed by atoms with E-state index in [1.165, 1.54) is 6.20 Å². The quantitative estimate of drug-likeness (QED) is 0.509. The Morgan fingerprint density at radius 3 is 2.94 bits per heavy atom. The minimum absolute atomic E-state index is 0.210. The van der Waals surface area contributed by atoms with E-state index in [1.54, 1.807) is 24.7 Å². The van der Waals surface area contributed by atoms with Gasteiger partial charge in [-0.1, -0.05) is 0 Å². The number of pyridine rings is 1. The van der Waals surface area contributed by atoms with Crippen LogP contribution in [-0.2, 0) is 6.54 Å². The van der Waals surface area contributed by atoms with Crippen LogP contribution in [0.25, 0.3) is 0 Å². The first-order valence-electron chi connectivity index (χ1n) is 5.46. The first-order valence-corrected chi connectivity index (χ1v) is 5.46. The van der Waals surface area contributed by atoms with Crippen molar-refractivity contribution in [2.24, 2.45) is 5.84 Å². The molecule has 0 radical (unpaired) electrons. The van der Waals surface area contributed by atoms with Crippen molar-refractivity contribution in [3.05, 3.63) is 42.7 Å². The lowest BCUT2D eigenvalue weighted by Crippen LogP contribution is -2.27. The van der Waals surface area contributed by atoms with E-state index in [4.69, 9.17) is 5.84 Å². The number of hydrogen-bond donors (Lipinski definition) is 3. The molecule has 2 rings (SSSR count). The van der Waals surface area contributed by atoms with Crippen molar-refractivity contribution in [3.63, 3.8) is 0 Å². The highest BCUT2D eigenvalue weighted by Gasteiger charge is 2.05. The standard InChI is InChI=1S/C11H14N6O/c12-16-9-1-2-10(15-7-9)11(18)14-4-6-17-5-3-13-8-17/h1-3,5,7-8,16H,4,6,12H2,(H,14,18). The zero-order chi connectivity index (χ0) is 12.8. The Labute approximate surface area is 104 Å². The number of rotatable bonds is 5. The van der Waals surface area contributed by atoms with Crippen LogP contribution in [0.1, 0.15) is 10.5 Å². The summed E-state index contributed by atoms with van der Waals surface area (Å²) >= 11 is 0. The summed E-state index contributed by atoms with van der Waals surface area (Å²) in [5, 5.41) is 2.77. The largest absolute Gasteiger partial charge is 0.349 e. The maximum absolute atomic E-state index is 11.7. The Balaban J connectivity index is 1.83. The molecule has 0 bridgehead atoms. The highest BCUT2D eigenvalue weighted by molar-refractivity contribution is 5.92. The van der Waals surface area contributed by atoms with E-state index in [0.717, 1.165) is 0 Å². The molecule has 0 aliphatic rings. The highest BCUT2D eigenvalue weighted by Crippen LogP contribution is 2.03. The van der Waals surface area contributed by atoms with Gasteiger partial charge in [-0.25, -0.2) is 9.97 Å². The molecule has 0 aliphatic heterocycles. The lowest BCUT2D eigenvalue weighted by molar-refractivity contribution is 0.0947. The smallest absolute Gasteiger partial charge is 0.269 e. The van der Waals surface area contributed by atoms with Gasteiger partial charge in [0.2, 0.25) is 0 Å². The molecule has 0 aliphatic carbocycles. The Morgan fingerprint density at radius 2 is 2.33 bits per heavy atom. The van der Waals surface area contributed by atoms with Crippen LogP contribution >= 0.6 is 0 Å². The lowest BCUT2D eigenvalue weighted by atomic mass is 10.3. The topological polar surface area (TPSA) is 97.9 Å². The van der Waals surface area contributed by atoms with Crippen LogP contribution in [0.4, 0.5) is 5.69 Å². The van der Waals surface area contributed by atoms with Crippen LogP contribution in [-0.4, -0.2) is 27.0 Å². The summed E-state index contributed by atoms with van der Waals surface area (Å²) in [6.45, 7) is 1.20. The van der Waals surface area contributed by atoms with E-state index in [2.05, 4.69) is 20.7 Å². The van der Waals surface area contributed by atoms with Crippen molar-refractivity contribution in [1.82, 2.24) is 19.9 Å². The third-order valence-corrected chi connectivity index (χ3v) is 2.38. The zero-order valence-electron chi connectivity index (χ0n) is 9.71. The second-order valence-electron chi connectivity index (χ2n) is 3.63. The van der Waals surface area contributed by atoms with Crippen LogP contribution < -0.4 is 16.6 Å². The van der Waals surface area contributed by atoms with Gasteiger partial charge in [-0.05, 0) is 12.1 Å². The fraction of sp³-hybridized carbons (Fsp3) is 0.182. The van der Waals surface area contributed by atoms with E-state index in [9.17, 15) is 4.79 Å². The van der Waals surface area contributed by atoms with Gasteiger partial charge in [-0.2, -0.15) is 0 Å². The fourth-order valence-electron chi connectivity index (χ4n) is 1.42. The number of nitrogens with zero attached hydrogens (tertiary/aromatic N) is 3. The minimum Gasteiger partial charge on any atom is -0.349 e. The lowest BCUT2D eigenvalue weighted by Gasteiger charge is -2.05. The van der Waals surface area contributed by atoms with Crippen LogP contribution in [0.2, 0.25) is 0 Å². The Kier molecular flexibility index (Phi) is 3.87. The van der Waals surface area contributed by atoms with E-state index in [-0.39, 0.29) is 5.91 Å². The molecule has 0 fully saturated rings. The number of anilines is 1. The number of nitrogen functional groups attached to an aromatic ring is 1. The van der Waals surface area contributed by atoms with Crippen molar-refractivity contribution >= 4 is 11.6 Å². The molecule has 0 saturated heterocycles. The third-order valence-electron chi connectivity index (χ3n) is 2.38. The van der Waals surface area contributed by atoms with Crippen LogP contribution in [0, 0.1) is 0 Å². The molecule has 0 unspecified atom stereocenters. The Bertz CT molecular complexity index is 493. The maximum Gasteiger partial charge on any atom is 0.269 e. The van der Waals surface area contributed by atoms with Crippen molar-refractivity contribution in [2.45, 2.75) is 6.54 Å². The second kappa shape index (κ2) is 5.78. The minimum atomic E-state index is -0.210. The number of carbonyl (C=O) groups excluding carboxylic acids is 1. The zero-order valence-corrected chi connectivity index (χ0v) is 9.71. The van der Waals surface area contributed by atoms with Gasteiger partial charge in [-0.15, -0.1) is 0 Å². The van der Waals surface area contributed by atoms with E-state index in [0.29, 0.717) is 24.5 Å². The van der Waals surface area contributed by atoms with E-state index >= 15 is 0 Å². The van der Waals surface area contributed by atoms with Gasteiger partial charge < -0.3 is 15.3 Å². The van der Waals surface area contributed by atoms with Gasteiger partial charge >= 0.3 is 0 Å². The molecule has 2 heterocycles. The van der Waals surface area contributed by atoms with Gasteiger partial charge in [0.1, 0.15) is 5.69 Å². The van der Waals surface area contributed by atoms with Crippen LogP contribution in [0.5, 0.6) is 0 Å². The summed E-state index contributed by atoms with van der Waals surface area (Å²) in [5.41, 5.74) is 3.47. The summed E-state index contributed by atoms with van der Waals surface area (Å²) in [5.74, 6) is 5.00. The third kappa shape index (κ3) is 3.05. The molecule has 0 aromatic carbocycles. The second-order valence-corrected chi connectivity index (χ2v) is 3.63. The molecular weight excluding hydrogens is 232 g/mol. The van der Waals surface area contributed by atoms with Gasteiger partial charge in [0.15, 0.2) is 0 Å². The molecule has 0 saturated carbocycles. The number of imidazole rings is 1. The molecule has 7 nitrogen and oxygen atoms in total. The van der Waals surface area contributed by atoms with Crippen molar-refractivity contribution in [2.75, 3.05) is 12.0 Å². The molecule has 18 heavy (non-hydrogen) atoms. The van der Waals surface area contributed by atoms with E-state index in [1.807, 2.05) is 10.8 Å². The predicted molar refractivity (Wildman–Crippen MR) is 66.6 cm³/mol. The van der Waals surface area contributed by atoms with Gasteiger partial charge in [0.25, 0.3) is 5.91 Å². The first-order chi connectivity index (χ1) is 8.79. The van der Waals surface area contributed by atoms with Gasteiger partial charge in [-0.3, -0.25) is 10.6 Å². The van der Waals surface area contributed by atoms with E-state index < -0.39 is 0 Å². The molecule has 7 heteroatoms. The molecule has 2 aromatic rings. The number of hydrazine groups is 1. The number of amides is 1. The first kappa shape index (κ1) is 12.1. The molecule has 0 atom stereocenters. The summed E-state index contributed by atoms with van der Waals surface area (Å²) in [4.78, 5) is 19.6. The average Bonchev–Trinajstić information content (AvgIpc) is 2.92. The summed E-state index contributed by atoms with van der Waals surface area (Å²) < 4.78 is 1.88. The average molecular weight is 246 g/mol. The van der Waals surface area contributed by atoms with Crippen molar-refractivity contribution in [1.29, 1.82) is 0 Å². The summed E-state index contributed by atoms with van der Waals surface area (Å²) in [7, 11) is 0. The van der Waals surface area contributed by atoms with Crippen molar-refractivity contribution < 1.29 is 4.79 Å². The maximum atomic E-state index is 11.7. The number of nitrogens with one attached hydrogen (secondary N) is 2. The summed E-state index contributed by atoms with van der Waals surface area (Å²) in [6, 6.07) is 3.31. The molecule has 2 aromatic heterocycles. The summed E-state index contributed by atoms with van der Waals surface area (Å²) in [6.07, 6.45) is 6.74. The Morgan fingerprint density at radius 1 is 1.44 bits per heavy atom. The number of carbonyl (C=O) groups is 1.